The molecule has 3 nitrogen and oxygen atoms in total. The van der Waals surface area contributed by atoms with Crippen LogP contribution in [0.2, 0.25) is 0 Å². The molecule has 0 spiro atoms. The zero-order chi connectivity index (χ0) is 12.8. The van der Waals surface area contributed by atoms with Crippen molar-refractivity contribution >= 4 is 5.91 Å². The molecule has 3 aliphatic rings. The normalized spacial score (nSPS) is 29.6. The van der Waals surface area contributed by atoms with Crippen molar-refractivity contribution in [2.24, 2.45) is 17.8 Å². The molecule has 2 atom stereocenters. The van der Waals surface area contributed by atoms with Gasteiger partial charge >= 0.3 is 0 Å². The third-order valence-corrected chi connectivity index (χ3v) is 5.10. The first-order valence-electron chi connectivity index (χ1n) is 7.37. The molecule has 2 aliphatic heterocycles. The van der Waals surface area contributed by atoms with E-state index >= 15 is 0 Å². The summed E-state index contributed by atoms with van der Waals surface area (Å²) >= 11 is 0. The predicted molar refractivity (Wildman–Crippen MR) is 73.8 cm³/mol. The number of hydrogen-bond donors (Lipinski definition) is 1. The van der Waals surface area contributed by atoms with Crippen molar-refractivity contribution in [3.05, 3.63) is 35.4 Å². The van der Waals surface area contributed by atoms with Gasteiger partial charge in [0.1, 0.15) is 0 Å². The Hall–Kier alpha value is -1.35. The molecule has 19 heavy (non-hydrogen) atoms. The Balaban J connectivity index is 1.46. The fraction of sp³-hybridized carbons (Fsp3) is 0.562. The summed E-state index contributed by atoms with van der Waals surface area (Å²) in [4.78, 5) is 14.8. The molecule has 1 aromatic carbocycles. The van der Waals surface area contributed by atoms with E-state index in [9.17, 15) is 4.79 Å². The van der Waals surface area contributed by atoms with E-state index < -0.39 is 0 Å². The molecule has 2 fully saturated rings. The van der Waals surface area contributed by atoms with E-state index in [1.54, 1.807) is 0 Å². The molecular weight excluding hydrogens is 236 g/mol. The Morgan fingerprint density at radius 2 is 1.63 bits per heavy atom. The zero-order valence-corrected chi connectivity index (χ0v) is 11.1. The molecule has 1 aliphatic carbocycles. The third-order valence-electron chi connectivity index (χ3n) is 5.10. The summed E-state index contributed by atoms with van der Waals surface area (Å²) < 4.78 is 0. The monoisotopic (exact) mass is 256 g/mol. The molecule has 1 aromatic rings. The molecule has 0 radical (unpaired) electrons. The van der Waals surface area contributed by atoms with Crippen LogP contribution < -0.4 is 5.32 Å². The summed E-state index contributed by atoms with van der Waals surface area (Å²) in [6.07, 6.45) is 1.89. The van der Waals surface area contributed by atoms with Gasteiger partial charge in [-0.05, 0) is 35.8 Å². The predicted octanol–water partition coefficient (Wildman–Crippen LogP) is 1.08. The third kappa shape index (κ3) is 1.88. The molecule has 2 unspecified atom stereocenters. The van der Waals surface area contributed by atoms with E-state index in [-0.39, 0.29) is 5.92 Å². The molecule has 3 heteroatoms. The minimum absolute atomic E-state index is 0.198. The van der Waals surface area contributed by atoms with Gasteiger partial charge in [-0.15, -0.1) is 0 Å². The highest BCUT2D eigenvalue weighted by Gasteiger charge is 2.40. The maximum atomic E-state index is 12.7. The minimum Gasteiger partial charge on any atom is -0.342 e. The highest BCUT2D eigenvalue weighted by Crippen LogP contribution is 2.32. The number of hydrogen-bond acceptors (Lipinski definition) is 2. The van der Waals surface area contributed by atoms with Crippen LogP contribution in [0.5, 0.6) is 0 Å². The average Bonchev–Trinajstić information content (AvgIpc) is 3.10. The molecular formula is C16H20N2O. The van der Waals surface area contributed by atoms with Gasteiger partial charge in [-0.3, -0.25) is 4.79 Å². The fourth-order valence-corrected chi connectivity index (χ4v) is 4.03. The number of rotatable bonds is 1. The van der Waals surface area contributed by atoms with Gasteiger partial charge in [0, 0.05) is 32.1 Å². The van der Waals surface area contributed by atoms with Crippen molar-refractivity contribution in [1.82, 2.24) is 10.2 Å². The number of nitrogens with one attached hydrogen (secondary N) is 1. The summed E-state index contributed by atoms with van der Waals surface area (Å²) in [5, 5.41) is 3.43. The molecule has 1 amide bonds. The smallest absolute Gasteiger partial charge is 0.226 e. The largest absolute Gasteiger partial charge is 0.342 e. The van der Waals surface area contributed by atoms with Gasteiger partial charge in [0.25, 0.3) is 0 Å². The first-order chi connectivity index (χ1) is 9.31. The molecule has 0 aromatic heterocycles. The molecule has 2 saturated heterocycles. The van der Waals surface area contributed by atoms with Crippen LogP contribution in [0.15, 0.2) is 24.3 Å². The van der Waals surface area contributed by atoms with Crippen molar-refractivity contribution in [2.45, 2.75) is 12.8 Å². The highest BCUT2D eigenvalue weighted by molar-refractivity contribution is 5.80. The summed E-state index contributed by atoms with van der Waals surface area (Å²) in [6, 6.07) is 8.51. The average molecular weight is 256 g/mol. The van der Waals surface area contributed by atoms with E-state index in [2.05, 4.69) is 34.5 Å². The second-order valence-corrected chi connectivity index (χ2v) is 6.30. The van der Waals surface area contributed by atoms with E-state index in [1.165, 1.54) is 11.1 Å². The van der Waals surface area contributed by atoms with Crippen LogP contribution in [0.3, 0.4) is 0 Å². The Kier molecular flexibility index (Phi) is 2.62. The summed E-state index contributed by atoms with van der Waals surface area (Å²) in [5.74, 6) is 2.00. The van der Waals surface area contributed by atoms with Crippen molar-refractivity contribution in [2.75, 3.05) is 26.2 Å². The lowest BCUT2D eigenvalue weighted by atomic mass is 10.0. The summed E-state index contributed by atoms with van der Waals surface area (Å²) in [7, 11) is 0. The zero-order valence-electron chi connectivity index (χ0n) is 11.1. The van der Waals surface area contributed by atoms with Gasteiger partial charge in [0.2, 0.25) is 5.91 Å². The lowest BCUT2D eigenvalue weighted by Gasteiger charge is -2.21. The lowest BCUT2D eigenvalue weighted by molar-refractivity contribution is -0.134. The molecule has 100 valence electrons. The van der Waals surface area contributed by atoms with Crippen LogP contribution in [0.4, 0.5) is 0 Å². The van der Waals surface area contributed by atoms with Gasteiger partial charge < -0.3 is 10.2 Å². The van der Waals surface area contributed by atoms with Crippen LogP contribution in [0.25, 0.3) is 0 Å². The minimum atomic E-state index is 0.198. The molecule has 1 N–H and O–H groups in total. The quantitative estimate of drug-likeness (QED) is 0.815. The number of fused-ring (bicyclic) bond motifs is 2. The van der Waals surface area contributed by atoms with Crippen molar-refractivity contribution in [1.29, 1.82) is 0 Å². The fourth-order valence-electron chi connectivity index (χ4n) is 4.03. The number of nitrogens with zero attached hydrogens (tertiary/aromatic N) is 1. The molecule has 0 saturated carbocycles. The van der Waals surface area contributed by atoms with Gasteiger partial charge in [0.15, 0.2) is 0 Å². The number of amides is 1. The Bertz CT molecular complexity index is 476. The number of likely N-dealkylation sites (tertiary alicyclic amines) is 1. The van der Waals surface area contributed by atoms with Gasteiger partial charge in [-0.2, -0.15) is 0 Å². The van der Waals surface area contributed by atoms with E-state index in [0.717, 1.165) is 39.0 Å². The maximum Gasteiger partial charge on any atom is 0.226 e. The van der Waals surface area contributed by atoms with Crippen molar-refractivity contribution < 1.29 is 4.79 Å². The van der Waals surface area contributed by atoms with Crippen LogP contribution >= 0.6 is 0 Å². The maximum absolute atomic E-state index is 12.7. The Labute approximate surface area is 114 Å². The summed E-state index contributed by atoms with van der Waals surface area (Å²) in [6.45, 7) is 4.14. The standard InChI is InChI=1S/C16H20N2O/c19-16(18-9-14-7-17-8-15(14)10-18)13-5-11-3-1-2-4-12(11)6-13/h1-4,13-15,17H,5-10H2. The van der Waals surface area contributed by atoms with Crippen molar-refractivity contribution in [3.8, 4) is 0 Å². The summed E-state index contributed by atoms with van der Waals surface area (Å²) in [5.41, 5.74) is 2.75. The van der Waals surface area contributed by atoms with Crippen LogP contribution in [0.1, 0.15) is 11.1 Å². The lowest BCUT2D eigenvalue weighted by Crippen LogP contribution is -2.36. The Morgan fingerprint density at radius 3 is 2.21 bits per heavy atom. The second kappa shape index (κ2) is 4.34. The van der Waals surface area contributed by atoms with E-state index in [4.69, 9.17) is 0 Å². The van der Waals surface area contributed by atoms with E-state index in [0.29, 0.717) is 17.7 Å². The van der Waals surface area contributed by atoms with Gasteiger partial charge in [-0.1, -0.05) is 24.3 Å². The number of benzene rings is 1. The van der Waals surface area contributed by atoms with Gasteiger partial charge in [-0.25, -0.2) is 0 Å². The SMILES string of the molecule is O=C(C1Cc2ccccc2C1)N1CC2CNCC2C1. The number of carbonyl (C=O) groups is 1. The van der Waals surface area contributed by atoms with Gasteiger partial charge in [0.05, 0.1) is 0 Å². The highest BCUT2D eigenvalue weighted by atomic mass is 16.2. The van der Waals surface area contributed by atoms with Crippen LogP contribution in [-0.2, 0) is 17.6 Å². The number of carbonyl (C=O) groups excluding carboxylic acids is 1. The molecule has 2 heterocycles. The first-order valence-corrected chi connectivity index (χ1v) is 7.37. The van der Waals surface area contributed by atoms with E-state index in [1.807, 2.05) is 0 Å². The molecule has 4 rings (SSSR count). The molecule has 0 bridgehead atoms. The topological polar surface area (TPSA) is 32.3 Å². The van der Waals surface area contributed by atoms with Crippen LogP contribution in [-0.4, -0.2) is 37.0 Å². The Morgan fingerprint density at radius 1 is 1.05 bits per heavy atom. The first kappa shape index (κ1) is 11.5. The van der Waals surface area contributed by atoms with Crippen LogP contribution in [0, 0.1) is 17.8 Å². The second-order valence-electron chi connectivity index (χ2n) is 6.30. The van der Waals surface area contributed by atoms with Crippen molar-refractivity contribution in [3.63, 3.8) is 0 Å².